The predicted molar refractivity (Wildman–Crippen MR) is 81.1 cm³/mol. The van der Waals surface area contributed by atoms with Crippen molar-refractivity contribution >= 4 is 33.2 Å². The summed E-state index contributed by atoms with van der Waals surface area (Å²) in [6, 6.07) is 3.85. The molecule has 1 aromatic rings. The van der Waals surface area contributed by atoms with Crippen LogP contribution in [0.25, 0.3) is 0 Å². The van der Waals surface area contributed by atoms with Crippen LogP contribution in [0.2, 0.25) is 0 Å². The van der Waals surface area contributed by atoms with Gasteiger partial charge in [0.05, 0.1) is 30.1 Å². The molecule has 5 nitrogen and oxygen atoms in total. The fourth-order valence-electron chi connectivity index (χ4n) is 2.04. The second-order valence-corrected chi connectivity index (χ2v) is 8.25. The normalized spacial score (nSPS) is 20.2. The van der Waals surface area contributed by atoms with Gasteiger partial charge < -0.3 is 10.1 Å². The molecule has 2 rings (SSSR count). The van der Waals surface area contributed by atoms with E-state index in [0.717, 1.165) is 0 Å². The largest absolute Gasteiger partial charge is 0.494 e. The van der Waals surface area contributed by atoms with E-state index in [1.54, 1.807) is 0 Å². The molecule has 21 heavy (non-hydrogen) atoms. The number of anilines is 1. The summed E-state index contributed by atoms with van der Waals surface area (Å²) in [5, 5.41) is 2.60. The Morgan fingerprint density at radius 1 is 1.52 bits per heavy atom. The van der Waals surface area contributed by atoms with Crippen molar-refractivity contribution in [2.45, 2.75) is 11.7 Å². The second-order valence-electron chi connectivity index (χ2n) is 4.73. The molecule has 1 saturated heterocycles. The quantitative estimate of drug-likeness (QED) is 0.888. The van der Waals surface area contributed by atoms with E-state index in [2.05, 4.69) is 5.32 Å². The number of sulfone groups is 1. The van der Waals surface area contributed by atoms with E-state index in [-0.39, 0.29) is 34.2 Å². The Kier molecular flexibility index (Phi) is 5.10. The molecule has 1 aromatic carbocycles. The first-order chi connectivity index (χ1) is 9.89. The molecule has 0 radical (unpaired) electrons. The number of hydrogen-bond donors (Lipinski definition) is 1. The molecule has 0 spiro atoms. The topological polar surface area (TPSA) is 72.5 Å². The highest BCUT2D eigenvalue weighted by Crippen LogP contribution is 2.27. The molecule has 1 aliphatic rings. The molecular formula is C13H16FNO4S2. The van der Waals surface area contributed by atoms with Crippen molar-refractivity contribution in [3.8, 4) is 5.75 Å². The van der Waals surface area contributed by atoms with Crippen LogP contribution in [0.4, 0.5) is 10.1 Å². The van der Waals surface area contributed by atoms with Crippen molar-refractivity contribution in [1.82, 2.24) is 0 Å². The van der Waals surface area contributed by atoms with Crippen molar-refractivity contribution < 1.29 is 22.3 Å². The molecule has 1 atom stereocenters. The van der Waals surface area contributed by atoms with Crippen LogP contribution in [0.5, 0.6) is 5.75 Å². The van der Waals surface area contributed by atoms with Gasteiger partial charge in [0.1, 0.15) is 11.6 Å². The van der Waals surface area contributed by atoms with Gasteiger partial charge in [0.15, 0.2) is 9.84 Å². The molecule has 1 N–H and O–H groups in total. The Bertz CT molecular complexity index is 633. The molecule has 0 saturated carbocycles. The zero-order valence-electron chi connectivity index (χ0n) is 11.5. The van der Waals surface area contributed by atoms with E-state index in [1.807, 2.05) is 0 Å². The van der Waals surface area contributed by atoms with Gasteiger partial charge in [-0.1, -0.05) is 0 Å². The number of amides is 1. The van der Waals surface area contributed by atoms with Crippen molar-refractivity contribution in [2.24, 2.45) is 0 Å². The van der Waals surface area contributed by atoms with Crippen LogP contribution in [-0.4, -0.2) is 43.9 Å². The standard InChI is InChI=1S/C13H16FNO4S2/c1-19-12-6-9(14)2-3-11(12)15-13(16)7-20-10-4-5-21(17,18)8-10/h2-3,6,10H,4-5,7-8H2,1H3,(H,15,16)/t10-/m0/s1. The minimum Gasteiger partial charge on any atom is -0.494 e. The number of benzene rings is 1. The van der Waals surface area contributed by atoms with E-state index < -0.39 is 15.7 Å². The summed E-state index contributed by atoms with van der Waals surface area (Å²) in [5.74, 6) is 0.00486. The van der Waals surface area contributed by atoms with Crippen LogP contribution < -0.4 is 10.1 Å². The Hall–Kier alpha value is -1.28. The predicted octanol–water partition coefficient (Wildman–Crippen LogP) is 1.69. The van der Waals surface area contributed by atoms with Crippen LogP contribution >= 0.6 is 11.8 Å². The van der Waals surface area contributed by atoms with E-state index in [9.17, 15) is 17.6 Å². The molecular weight excluding hydrogens is 317 g/mol. The van der Waals surface area contributed by atoms with Crippen molar-refractivity contribution in [3.05, 3.63) is 24.0 Å². The number of methoxy groups -OCH3 is 1. The number of rotatable bonds is 5. The smallest absolute Gasteiger partial charge is 0.234 e. The highest BCUT2D eigenvalue weighted by molar-refractivity contribution is 8.02. The lowest BCUT2D eigenvalue weighted by molar-refractivity contribution is -0.113. The summed E-state index contributed by atoms with van der Waals surface area (Å²) in [5.41, 5.74) is 0.392. The summed E-state index contributed by atoms with van der Waals surface area (Å²) in [7, 11) is -1.54. The third-order valence-electron chi connectivity index (χ3n) is 3.08. The maximum absolute atomic E-state index is 13.0. The summed E-state index contributed by atoms with van der Waals surface area (Å²) in [4.78, 5) is 11.9. The molecule has 1 heterocycles. The molecule has 0 aromatic heterocycles. The van der Waals surface area contributed by atoms with Gasteiger partial charge in [0.2, 0.25) is 5.91 Å². The lowest BCUT2D eigenvalue weighted by Gasteiger charge is -2.11. The number of carbonyl (C=O) groups is 1. The highest BCUT2D eigenvalue weighted by Gasteiger charge is 2.28. The van der Waals surface area contributed by atoms with Gasteiger partial charge in [-0.05, 0) is 18.6 Å². The summed E-state index contributed by atoms with van der Waals surface area (Å²) < 4.78 is 40.7. The van der Waals surface area contributed by atoms with Gasteiger partial charge in [-0.3, -0.25) is 4.79 Å². The molecule has 1 aliphatic heterocycles. The monoisotopic (exact) mass is 333 g/mol. The SMILES string of the molecule is COc1cc(F)ccc1NC(=O)CS[C@H]1CCS(=O)(=O)C1. The van der Waals surface area contributed by atoms with Crippen LogP contribution in [0.3, 0.4) is 0 Å². The van der Waals surface area contributed by atoms with Crippen LogP contribution in [0, 0.1) is 5.82 Å². The summed E-state index contributed by atoms with van der Waals surface area (Å²) in [6.45, 7) is 0. The zero-order valence-corrected chi connectivity index (χ0v) is 13.1. The Balaban J connectivity index is 1.88. The first-order valence-electron chi connectivity index (χ1n) is 6.35. The lowest BCUT2D eigenvalue weighted by Crippen LogP contribution is -2.17. The number of halogens is 1. The minimum absolute atomic E-state index is 0.0316. The number of ether oxygens (including phenoxy) is 1. The summed E-state index contributed by atoms with van der Waals surface area (Å²) in [6.07, 6.45) is 0.583. The maximum Gasteiger partial charge on any atom is 0.234 e. The van der Waals surface area contributed by atoms with Crippen molar-refractivity contribution in [2.75, 3.05) is 29.7 Å². The van der Waals surface area contributed by atoms with E-state index in [1.165, 1.54) is 37.1 Å². The number of carbonyl (C=O) groups excluding carboxylic acids is 1. The lowest BCUT2D eigenvalue weighted by atomic mass is 10.3. The highest BCUT2D eigenvalue weighted by atomic mass is 32.2. The van der Waals surface area contributed by atoms with Gasteiger partial charge >= 0.3 is 0 Å². The molecule has 0 unspecified atom stereocenters. The molecule has 1 amide bonds. The third kappa shape index (κ3) is 4.60. The first-order valence-corrected chi connectivity index (χ1v) is 9.22. The van der Waals surface area contributed by atoms with Crippen LogP contribution in [-0.2, 0) is 14.6 Å². The Morgan fingerprint density at radius 2 is 2.29 bits per heavy atom. The van der Waals surface area contributed by atoms with Gasteiger partial charge in [-0.2, -0.15) is 0 Å². The third-order valence-corrected chi connectivity index (χ3v) is 6.36. The second kappa shape index (κ2) is 6.65. The fourth-order valence-corrected chi connectivity index (χ4v) is 5.48. The van der Waals surface area contributed by atoms with Gasteiger partial charge in [0.25, 0.3) is 0 Å². The molecule has 1 fully saturated rings. The van der Waals surface area contributed by atoms with E-state index in [4.69, 9.17) is 4.74 Å². The Morgan fingerprint density at radius 3 is 2.90 bits per heavy atom. The first kappa shape index (κ1) is 16.1. The molecule has 8 heteroatoms. The zero-order chi connectivity index (χ0) is 15.5. The van der Waals surface area contributed by atoms with Crippen molar-refractivity contribution in [3.63, 3.8) is 0 Å². The fraction of sp³-hybridized carbons (Fsp3) is 0.462. The number of thioether (sulfide) groups is 1. The van der Waals surface area contributed by atoms with Crippen LogP contribution in [0.15, 0.2) is 18.2 Å². The van der Waals surface area contributed by atoms with Crippen LogP contribution in [0.1, 0.15) is 6.42 Å². The number of nitrogens with one attached hydrogen (secondary N) is 1. The Labute approximate surface area is 127 Å². The van der Waals surface area contributed by atoms with Gasteiger partial charge in [0, 0.05) is 11.3 Å². The molecule has 0 bridgehead atoms. The average molecular weight is 333 g/mol. The van der Waals surface area contributed by atoms with E-state index >= 15 is 0 Å². The number of hydrogen-bond acceptors (Lipinski definition) is 5. The average Bonchev–Trinajstić information content (AvgIpc) is 2.78. The maximum atomic E-state index is 13.0. The summed E-state index contributed by atoms with van der Waals surface area (Å²) >= 11 is 1.32. The minimum atomic E-state index is -2.93. The van der Waals surface area contributed by atoms with E-state index in [0.29, 0.717) is 12.1 Å². The van der Waals surface area contributed by atoms with Gasteiger partial charge in [-0.15, -0.1) is 11.8 Å². The molecule has 0 aliphatic carbocycles. The van der Waals surface area contributed by atoms with Gasteiger partial charge in [-0.25, -0.2) is 12.8 Å². The van der Waals surface area contributed by atoms with Crippen molar-refractivity contribution in [1.29, 1.82) is 0 Å². The molecule has 116 valence electrons.